The number of anilines is 1. The monoisotopic (exact) mass is 325 g/mol. The molecule has 0 radical (unpaired) electrons. The summed E-state index contributed by atoms with van der Waals surface area (Å²) in [5.74, 6) is 0.758. The number of nitrogens with zero attached hydrogens (tertiary/aromatic N) is 1. The molecular weight excluding hydrogens is 298 g/mol. The van der Waals surface area contributed by atoms with Gasteiger partial charge in [-0.15, -0.1) is 0 Å². The molecule has 24 heavy (non-hydrogen) atoms. The second-order valence-corrected chi connectivity index (χ2v) is 7.32. The molecule has 3 nitrogen and oxygen atoms in total. The molecule has 0 spiro atoms. The Kier molecular flexibility index (Phi) is 5.33. The van der Waals surface area contributed by atoms with Crippen molar-refractivity contribution < 1.29 is 9.53 Å². The van der Waals surface area contributed by atoms with Gasteiger partial charge in [-0.1, -0.05) is 45.0 Å². The molecule has 0 aliphatic rings. The van der Waals surface area contributed by atoms with E-state index in [1.165, 1.54) is 0 Å². The minimum atomic E-state index is -0.0876. The second kappa shape index (κ2) is 7.08. The van der Waals surface area contributed by atoms with Gasteiger partial charge in [0, 0.05) is 24.4 Å². The highest BCUT2D eigenvalue weighted by Gasteiger charge is 2.23. The highest BCUT2D eigenvalue weighted by Crippen LogP contribution is 2.28. The third-order valence-corrected chi connectivity index (χ3v) is 3.85. The molecule has 0 fully saturated rings. The number of benzene rings is 2. The summed E-state index contributed by atoms with van der Waals surface area (Å²) in [6.07, 6.45) is 0.0999. The average molecular weight is 325 g/mol. The first kappa shape index (κ1) is 18.1. The Bertz CT molecular complexity index is 714. The zero-order valence-corrected chi connectivity index (χ0v) is 15.5. The van der Waals surface area contributed by atoms with Crippen LogP contribution >= 0.6 is 0 Å². The van der Waals surface area contributed by atoms with Crippen LogP contribution in [0.5, 0.6) is 5.75 Å². The van der Waals surface area contributed by atoms with E-state index in [1.807, 2.05) is 62.4 Å². The summed E-state index contributed by atoms with van der Waals surface area (Å²) in [4.78, 5) is 14.7. The van der Waals surface area contributed by atoms with E-state index in [0.29, 0.717) is 0 Å². The smallest absolute Gasteiger partial charge is 0.258 e. The second-order valence-electron chi connectivity index (χ2n) is 7.32. The lowest BCUT2D eigenvalue weighted by atomic mass is 9.83. The summed E-state index contributed by atoms with van der Waals surface area (Å²) < 4.78 is 5.73. The number of hydrogen-bond donors (Lipinski definition) is 0. The molecule has 128 valence electrons. The van der Waals surface area contributed by atoms with Crippen molar-refractivity contribution in [2.24, 2.45) is 0 Å². The standard InChI is InChI=1S/C21H27NO2/c1-15(2)24-17-11-9-10-16(14-17)22(6)20(23)18-12-7-8-13-19(18)21(3,4)5/h7-15H,1-6H3. The third kappa shape index (κ3) is 4.16. The molecule has 0 aliphatic carbocycles. The zero-order valence-electron chi connectivity index (χ0n) is 15.5. The van der Waals surface area contributed by atoms with Gasteiger partial charge in [0.05, 0.1) is 6.10 Å². The zero-order chi connectivity index (χ0) is 17.9. The Morgan fingerprint density at radius 2 is 1.71 bits per heavy atom. The minimum absolute atomic E-state index is 0.0118. The van der Waals surface area contributed by atoms with Crippen LogP contribution < -0.4 is 9.64 Å². The Balaban J connectivity index is 2.34. The molecule has 0 saturated heterocycles. The SMILES string of the molecule is CC(C)Oc1cccc(N(C)C(=O)c2ccccc2C(C)(C)C)c1. The number of amides is 1. The first-order valence-electron chi connectivity index (χ1n) is 8.34. The van der Waals surface area contributed by atoms with Gasteiger partial charge in [-0.25, -0.2) is 0 Å². The van der Waals surface area contributed by atoms with E-state index in [9.17, 15) is 4.79 Å². The van der Waals surface area contributed by atoms with Crippen LogP contribution in [0.15, 0.2) is 48.5 Å². The summed E-state index contributed by atoms with van der Waals surface area (Å²) in [7, 11) is 1.80. The predicted octanol–water partition coefficient (Wildman–Crippen LogP) is 5.05. The van der Waals surface area contributed by atoms with Crippen LogP contribution in [0.2, 0.25) is 0 Å². The van der Waals surface area contributed by atoms with Crippen LogP contribution in [0, 0.1) is 0 Å². The Labute approximate surface area is 145 Å². The molecule has 0 heterocycles. The van der Waals surface area contributed by atoms with E-state index in [2.05, 4.69) is 20.8 Å². The molecule has 0 bridgehead atoms. The van der Waals surface area contributed by atoms with Crippen LogP contribution in [-0.2, 0) is 5.41 Å². The Morgan fingerprint density at radius 1 is 1.04 bits per heavy atom. The normalized spacial score (nSPS) is 11.5. The highest BCUT2D eigenvalue weighted by atomic mass is 16.5. The lowest BCUT2D eigenvalue weighted by Crippen LogP contribution is -2.29. The van der Waals surface area contributed by atoms with Crippen molar-refractivity contribution in [1.29, 1.82) is 0 Å². The maximum absolute atomic E-state index is 13.0. The summed E-state index contributed by atoms with van der Waals surface area (Å²) >= 11 is 0. The number of rotatable bonds is 4. The van der Waals surface area contributed by atoms with Gasteiger partial charge in [0.25, 0.3) is 5.91 Å². The fraction of sp³-hybridized carbons (Fsp3) is 0.381. The van der Waals surface area contributed by atoms with E-state index < -0.39 is 0 Å². The first-order valence-corrected chi connectivity index (χ1v) is 8.34. The molecule has 1 amide bonds. The predicted molar refractivity (Wildman–Crippen MR) is 100 cm³/mol. The average Bonchev–Trinajstić information content (AvgIpc) is 2.52. The van der Waals surface area contributed by atoms with Crippen molar-refractivity contribution in [1.82, 2.24) is 0 Å². The van der Waals surface area contributed by atoms with Crippen molar-refractivity contribution in [3.63, 3.8) is 0 Å². The van der Waals surface area contributed by atoms with Crippen LogP contribution in [0.4, 0.5) is 5.69 Å². The highest BCUT2D eigenvalue weighted by molar-refractivity contribution is 6.07. The third-order valence-electron chi connectivity index (χ3n) is 3.85. The van der Waals surface area contributed by atoms with Crippen LogP contribution in [0.1, 0.15) is 50.5 Å². The Hall–Kier alpha value is -2.29. The van der Waals surface area contributed by atoms with Crippen molar-refractivity contribution in [2.75, 3.05) is 11.9 Å². The van der Waals surface area contributed by atoms with E-state index >= 15 is 0 Å². The fourth-order valence-corrected chi connectivity index (χ4v) is 2.66. The summed E-state index contributed by atoms with van der Waals surface area (Å²) in [5.41, 5.74) is 2.52. The minimum Gasteiger partial charge on any atom is -0.491 e. The number of ether oxygens (including phenoxy) is 1. The Morgan fingerprint density at radius 3 is 2.33 bits per heavy atom. The van der Waals surface area contributed by atoms with E-state index in [1.54, 1.807) is 11.9 Å². The van der Waals surface area contributed by atoms with Gasteiger partial charge in [0.1, 0.15) is 5.75 Å². The van der Waals surface area contributed by atoms with Gasteiger partial charge in [0.15, 0.2) is 0 Å². The van der Waals surface area contributed by atoms with Crippen molar-refractivity contribution >= 4 is 11.6 Å². The van der Waals surface area contributed by atoms with E-state index in [-0.39, 0.29) is 17.4 Å². The molecule has 0 aromatic heterocycles. The van der Waals surface area contributed by atoms with Gasteiger partial charge < -0.3 is 9.64 Å². The van der Waals surface area contributed by atoms with Gasteiger partial charge in [-0.3, -0.25) is 4.79 Å². The molecular formula is C21H27NO2. The maximum Gasteiger partial charge on any atom is 0.258 e. The summed E-state index contributed by atoms with van der Waals surface area (Å²) in [5, 5.41) is 0. The topological polar surface area (TPSA) is 29.5 Å². The van der Waals surface area contributed by atoms with Gasteiger partial charge in [0.2, 0.25) is 0 Å². The van der Waals surface area contributed by atoms with Crippen molar-refractivity contribution in [2.45, 2.75) is 46.1 Å². The number of hydrogen-bond acceptors (Lipinski definition) is 2. The summed E-state index contributed by atoms with van der Waals surface area (Å²) in [6.45, 7) is 10.3. The molecule has 0 N–H and O–H groups in total. The largest absolute Gasteiger partial charge is 0.491 e. The van der Waals surface area contributed by atoms with Gasteiger partial charge in [-0.05, 0) is 43.0 Å². The molecule has 0 unspecified atom stereocenters. The van der Waals surface area contributed by atoms with Crippen LogP contribution in [0.25, 0.3) is 0 Å². The molecule has 0 atom stereocenters. The summed E-state index contributed by atoms with van der Waals surface area (Å²) in [6, 6.07) is 15.5. The molecule has 2 rings (SSSR count). The number of carbonyl (C=O) groups is 1. The lowest BCUT2D eigenvalue weighted by Gasteiger charge is -2.25. The van der Waals surface area contributed by atoms with Crippen LogP contribution in [-0.4, -0.2) is 19.1 Å². The molecule has 3 heteroatoms. The van der Waals surface area contributed by atoms with Crippen LogP contribution in [0.3, 0.4) is 0 Å². The van der Waals surface area contributed by atoms with E-state index in [0.717, 1.165) is 22.6 Å². The molecule has 0 saturated carbocycles. The van der Waals surface area contributed by atoms with E-state index in [4.69, 9.17) is 4.74 Å². The fourth-order valence-electron chi connectivity index (χ4n) is 2.66. The van der Waals surface area contributed by atoms with Gasteiger partial charge in [-0.2, -0.15) is 0 Å². The lowest BCUT2D eigenvalue weighted by molar-refractivity contribution is 0.0991. The van der Waals surface area contributed by atoms with Crippen molar-refractivity contribution in [3.8, 4) is 5.75 Å². The van der Waals surface area contributed by atoms with Crippen molar-refractivity contribution in [3.05, 3.63) is 59.7 Å². The maximum atomic E-state index is 13.0. The number of carbonyl (C=O) groups excluding carboxylic acids is 1. The molecule has 2 aromatic rings. The van der Waals surface area contributed by atoms with Gasteiger partial charge >= 0.3 is 0 Å². The quantitative estimate of drug-likeness (QED) is 0.787. The first-order chi connectivity index (χ1) is 11.2. The molecule has 2 aromatic carbocycles. The molecule has 0 aliphatic heterocycles.